The van der Waals surface area contributed by atoms with Crippen molar-refractivity contribution in [1.29, 1.82) is 0 Å². The van der Waals surface area contributed by atoms with E-state index in [1.54, 1.807) is 0 Å². The number of hydrogen-bond donors (Lipinski definition) is 2. The van der Waals surface area contributed by atoms with Crippen LogP contribution in [0.25, 0.3) is 10.9 Å². The van der Waals surface area contributed by atoms with Crippen molar-refractivity contribution in [2.24, 2.45) is 5.73 Å². The predicted molar refractivity (Wildman–Crippen MR) is 63.5 cm³/mol. The fourth-order valence-corrected chi connectivity index (χ4v) is 2.20. The first-order valence-corrected chi connectivity index (χ1v) is 5.48. The maximum atomic E-state index is 5.57. The number of nitrogens with one attached hydrogen (secondary N) is 1. The van der Waals surface area contributed by atoms with Gasteiger partial charge in [0, 0.05) is 15.6 Å². The number of fused-ring (bicyclic) bond motifs is 1. The zero-order valence-electron chi connectivity index (χ0n) is 8.10. The van der Waals surface area contributed by atoms with Crippen molar-refractivity contribution < 1.29 is 0 Å². The van der Waals surface area contributed by atoms with Gasteiger partial charge >= 0.3 is 0 Å². The molecule has 3 N–H and O–H groups in total. The maximum absolute atomic E-state index is 5.57. The molecule has 0 aliphatic heterocycles. The second-order valence-electron chi connectivity index (χ2n) is 3.49. The van der Waals surface area contributed by atoms with Gasteiger partial charge < -0.3 is 10.7 Å². The van der Waals surface area contributed by atoms with Crippen molar-refractivity contribution in [3.63, 3.8) is 0 Å². The molecule has 0 fully saturated rings. The lowest BCUT2D eigenvalue weighted by atomic mass is 10.1. The SMILES string of the molecule is Cc1cc2c(CCN)ccc(Br)c2[nH]1. The maximum Gasteiger partial charge on any atom is 0.0603 e. The van der Waals surface area contributed by atoms with E-state index in [1.165, 1.54) is 22.2 Å². The summed E-state index contributed by atoms with van der Waals surface area (Å²) >= 11 is 3.53. The second-order valence-corrected chi connectivity index (χ2v) is 4.34. The first-order valence-electron chi connectivity index (χ1n) is 4.69. The van der Waals surface area contributed by atoms with E-state index < -0.39 is 0 Å². The monoisotopic (exact) mass is 252 g/mol. The number of rotatable bonds is 2. The van der Waals surface area contributed by atoms with Gasteiger partial charge in [0.2, 0.25) is 0 Å². The van der Waals surface area contributed by atoms with Gasteiger partial charge in [0.1, 0.15) is 0 Å². The molecule has 2 aromatic rings. The number of benzene rings is 1. The van der Waals surface area contributed by atoms with Crippen LogP contribution in [0, 0.1) is 6.92 Å². The molecule has 0 aliphatic rings. The van der Waals surface area contributed by atoms with Crippen LogP contribution < -0.4 is 5.73 Å². The third-order valence-electron chi connectivity index (χ3n) is 2.38. The molecule has 0 unspecified atom stereocenters. The number of aryl methyl sites for hydroxylation is 1. The topological polar surface area (TPSA) is 41.8 Å². The van der Waals surface area contributed by atoms with Crippen LogP contribution in [-0.4, -0.2) is 11.5 Å². The Kier molecular flexibility index (Phi) is 2.61. The number of hydrogen-bond acceptors (Lipinski definition) is 1. The molecule has 1 heterocycles. The Morgan fingerprint density at radius 1 is 1.43 bits per heavy atom. The first kappa shape index (κ1) is 9.74. The largest absolute Gasteiger partial charge is 0.358 e. The summed E-state index contributed by atoms with van der Waals surface area (Å²) in [6, 6.07) is 6.38. The molecule has 0 spiro atoms. The molecule has 0 bridgehead atoms. The molecule has 0 radical (unpaired) electrons. The van der Waals surface area contributed by atoms with Crippen LogP contribution in [0.15, 0.2) is 22.7 Å². The van der Waals surface area contributed by atoms with Gasteiger partial charge in [0.05, 0.1) is 5.52 Å². The van der Waals surface area contributed by atoms with Crippen molar-refractivity contribution in [2.45, 2.75) is 13.3 Å². The van der Waals surface area contributed by atoms with Gasteiger partial charge in [0.15, 0.2) is 0 Å². The van der Waals surface area contributed by atoms with Crippen LogP contribution in [0.4, 0.5) is 0 Å². The molecule has 0 atom stereocenters. The molecule has 0 saturated heterocycles. The second kappa shape index (κ2) is 3.75. The third kappa shape index (κ3) is 1.57. The van der Waals surface area contributed by atoms with Crippen molar-refractivity contribution >= 4 is 26.8 Å². The molecule has 14 heavy (non-hydrogen) atoms. The molecule has 0 aliphatic carbocycles. The Hall–Kier alpha value is -0.800. The Labute approximate surface area is 91.6 Å². The minimum absolute atomic E-state index is 0.695. The van der Waals surface area contributed by atoms with E-state index in [4.69, 9.17) is 5.73 Å². The van der Waals surface area contributed by atoms with E-state index in [0.717, 1.165) is 10.9 Å². The standard InChI is InChI=1S/C11H13BrN2/c1-7-6-9-8(4-5-13)2-3-10(12)11(9)14-7/h2-3,6,14H,4-5,13H2,1H3. The molecule has 0 amide bonds. The number of aromatic amines is 1. The Morgan fingerprint density at radius 3 is 2.93 bits per heavy atom. The van der Waals surface area contributed by atoms with Gasteiger partial charge in [0.25, 0.3) is 0 Å². The lowest BCUT2D eigenvalue weighted by Crippen LogP contribution is -2.02. The zero-order valence-corrected chi connectivity index (χ0v) is 9.69. The zero-order chi connectivity index (χ0) is 10.1. The van der Waals surface area contributed by atoms with Crippen molar-refractivity contribution in [2.75, 3.05) is 6.54 Å². The summed E-state index contributed by atoms with van der Waals surface area (Å²) in [6.07, 6.45) is 0.932. The van der Waals surface area contributed by atoms with Gasteiger partial charge in [-0.05, 0) is 53.5 Å². The fraction of sp³-hybridized carbons (Fsp3) is 0.273. The van der Waals surface area contributed by atoms with E-state index in [-0.39, 0.29) is 0 Å². The van der Waals surface area contributed by atoms with E-state index in [1.807, 2.05) is 0 Å². The molecule has 74 valence electrons. The summed E-state index contributed by atoms with van der Waals surface area (Å²) in [5, 5.41) is 1.28. The fourth-order valence-electron chi connectivity index (χ4n) is 1.75. The quantitative estimate of drug-likeness (QED) is 0.848. The van der Waals surface area contributed by atoms with E-state index >= 15 is 0 Å². The molecule has 1 aromatic carbocycles. The van der Waals surface area contributed by atoms with Crippen molar-refractivity contribution in [3.05, 3.63) is 33.9 Å². The van der Waals surface area contributed by atoms with Gasteiger partial charge in [-0.1, -0.05) is 6.07 Å². The minimum Gasteiger partial charge on any atom is -0.358 e. The minimum atomic E-state index is 0.695. The Morgan fingerprint density at radius 2 is 2.21 bits per heavy atom. The van der Waals surface area contributed by atoms with Gasteiger partial charge in [-0.25, -0.2) is 0 Å². The summed E-state index contributed by atoms with van der Waals surface area (Å²) in [5.41, 5.74) is 9.25. The van der Waals surface area contributed by atoms with Gasteiger partial charge in [-0.3, -0.25) is 0 Å². The highest BCUT2D eigenvalue weighted by molar-refractivity contribution is 9.10. The van der Waals surface area contributed by atoms with E-state index in [2.05, 4.69) is 46.0 Å². The highest BCUT2D eigenvalue weighted by Crippen LogP contribution is 2.27. The van der Waals surface area contributed by atoms with E-state index in [0.29, 0.717) is 6.54 Å². The number of nitrogens with two attached hydrogens (primary N) is 1. The molecular weight excluding hydrogens is 240 g/mol. The summed E-state index contributed by atoms with van der Waals surface area (Å²) in [6.45, 7) is 2.76. The van der Waals surface area contributed by atoms with Gasteiger partial charge in [-0.15, -0.1) is 0 Å². The lowest BCUT2D eigenvalue weighted by molar-refractivity contribution is 0.977. The molecule has 2 nitrogen and oxygen atoms in total. The summed E-state index contributed by atoms with van der Waals surface area (Å²) in [5.74, 6) is 0. The third-order valence-corrected chi connectivity index (χ3v) is 3.04. The summed E-state index contributed by atoms with van der Waals surface area (Å²) in [4.78, 5) is 3.34. The Bertz CT molecular complexity index is 460. The van der Waals surface area contributed by atoms with Crippen molar-refractivity contribution in [1.82, 2.24) is 4.98 Å². The molecule has 3 heteroatoms. The molecule has 2 rings (SSSR count). The van der Waals surface area contributed by atoms with Crippen LogP contribution in [0.1, 0.15) is 11.3 Å². The highest BCUT2D eigenvalue weighted by Gasteiger charge is 2.06. The van der Waals surface area contributed by atoms with Crippen LogP contribution in [0.5, 0.6) is 0 Å². The number of aromatic nitrogens is 1. The molecular formula is C11H13BrN2. The molecule has 0 saturated carbocycles. The number of H-pyrrole nitrogens is 1. The Balaban J connectivity index is 2.68. The average molecular weight is 253 g/mol. The predicted octanol–water partition coefficient (Wildman–Crippen LogP) is 2.74. The van der Waals surface area contributed by atoms with Crippen LogP contribution in [0.3, 0.4) is 0 Å². The van der Waals surface area contributed by atoms with E-state index in [9.17, 15) is 0 Å². The summed E-state index contributed by atoms with van der Waals surface area (Å²) < 4.78 is 1.11. The highest BCUT2D eigenvalue weighted by atomic mass is 79.9. The first-order chi connectivity index (χ1) is 6.72. The average Bonchev–Trinajstić information content (AvgIpc) is 2.53. The molecule has 1 aromatic heterocycles. The number of halogens is 1. The van der Waals surface area contributed by atoms with Gasteiger partial charge in [-0.2, -0.15) is 0 Å². The normalized spacial score (nSPS) is 11.1. The smallest absolute Gasteiger partial charge is 0.0603 e. The lowest BCUT2D eigenvalue weighted by Gasteiger charge is -2.02. The van der Waals surface area contributed by atoms with Crippen LogP contribution in [0.2, 0.25) is 0 Å². The van der Waals surface area contributed by atoms with Crippen LogP contribution >= 0.6 is 15.9 Å². The summed E-state index contributed by atoms with van der Waals surface area (Å²) in [7, 11) is 0. The van der Waals surface area contributed by atoms with Crippen LogP contribution in [-0.2, 0) is 6.42 Å². The van der Waals surface area contributed by atoms with Crippen molar-refractivity contribution in [3.8, 4) is 0 Å².